The van der Waals surface area contributed by atoms with Gasteiger partial charge in [-0.05, 0) is 18.2 Å². The van der Waals surface area contributed by atoms with Gasteiger partial charge in [0.2, 0.25) is 5.91 Å². The molecule has 3 aromatic rings. The molecule has 0 bridgehead atoms. The van der Waals surface area contributed by atoms with Gasteiger partial charge in [0.05, 0.1) is 30.6 Å². The second-order valence-corrected chi connectivity index (χ2v) is 5.43. The number of hydrogen-bond donors (Lipinski definition) is 3. The van der Waals surface area contributed by atoms with Gasteiger partial charge in [0.15, 0.2) is 0 Å². The number of nitrogens with zero attached hydrogens (tertiary/aromatic N) is 2. The lowest BCUT2D eigenvalue weighted by atomic mass is 10.1. The van der Waals surface area contributed by atoms with Gasteiger partial charge in [0.1, 0.15) is 0 Å². The second-order valence-electron chi connectivity index (χ2n) is 5.43. The highest BCUT2D eigenvalue weighted by atomic mass is 16.3. The fourth-order valence-corrected chi connectivity index (χ4v) is 2.69. The molecular formula is C18H19N3O3. The standard InChI is InChI=1S/C18H19N3O3/c22-9-7-21(8-10-23)18(24)6-5-13-11-15-14-3-1-2-4-16(14)20-17(15)12-19-13/h1-6,11-12,20,22-23H,7-10H2/b6-5+. The van der Waals surface area contributed by atoms with Crippen molar-refractivity contribution >= 4 is 33.8 Å². The molecular weight excluding hydrogens is 306 g/mol. The SMILES string of the molecule is O=C(/C=C/c1cc2c(cn1)[nH]c1ccccc12)N(CCO)CCO. The summed E-state index contributed by atoms with van der Waals surface area (Å²) in [5, 5.41) is 20.1. The van der Waals surface area contributed by atoms with Crippen LogP contribution < -0.4 is 0 Å². The van der Waals surface area contributed by atoms with E-state index in [4.69, 9.17) is 10.2 Å². The number of nitrogens with one attached hydrogen (secondary N) is 1. The van der Waals surface area contributed by atoms with Crippen LogP contribution in [0.2, 0.25) is 0 Å². The number of carbonyl (C=O) groups excluding carboxylic acids is 1. The van der Waals surface area contributed by atoms with Crippen LogP contribution >= 0.6 is 0 Å². The van der Waals surface area contributed by atoms with Crippen molar-refractivity contribution in [1.29, 1.82) is 0 Å². The number of fused-ring (bicyclic) bond motifs is 3. The van der Waals surface area contributed by atoms with E-state index in [9.17, 15) is 4.79 Å². The number of benzene rings is 1. The van der Waals surface area contributed by atoms with Gasteiger partial charge in [-0.1, -0.05) is 18.2 Å². The van der Waals surface area contributed by atoms with Crippen LogP contribution in [0.4, 0.5) is 0 Å². The first-order valence-corrected chi connectivity index (χ1v) is 7.78. The van der Waals surface area contributed by atoms with Crippen molar-refractivity contribution in [3.8, 4) is 0 Å². The molecule has 0 saturated heterocycles. The Morgan fingerprint density at radius 1 is 1.12 bits per heavy atom. The second kappa shape index (κ2) is 7.25. The zero-order valence-electron chi connectivity index (χ0n) is 13.1. The van der Waals surface area contributed by atoms with E-state index in [1.807, 2.05) is 30.3 Å². The van der Waals surface area contributed by atoms with Gasteiger partial charge in [-0.3, -0.25) is 9.78 Å². The number of aromatic nitrogens is 2. The first kappa shape index (κ1) is 16.2. The van der Waals surface area contributed by atoms with Crippen molar-refractivity contribution in [3.05, 3.63) is 48.3 Å². The van der Waals surface area contributed by atoms with Gasteiger partial charge in [0.25, 0.3) is 0 Å². The number of amides is 1. The summed E-state index contributed by atoms with van der Waals surface area (Å²) >= 11 is 0. The van der Waals surface area contributed by atoms with E-state index in [2.05, 4.69) is 9.97 Å². The van der Waals surface area contributed by atoms with Gasteiger partial charge in [-0.15, -0.1) is 0 Å². The first-order chi connectivity index (χ1) is 11.7. The lowest BCUT2D eigenvalue weighted by Crippen LogP contribution is -2.34. The number of aromatic amines is 1. The molecule has 3 rings (SSSR count). The topological polar surface area (TPSA) is 89.5 Å². The van der Waals surface area contributed by atoms with E-state index in [1.165, 1.54) is 11.0 Å². The molecule has 0 aliphatic carbocycles. The zero-order chi connectivity index (χ0) is 16.9. The van der Waals surface area contributed by atoms with E-state index in [1.54, 1.807) is 12.3 Å². The molecule has 0 aliphatic heterocycles. The van der Waals surface area contributed by atoms with E-state index in [-0.39, 0.29) is 32.2 Å². The van der Waals surface area contributed by atoms with Crippen molar-refractivity contribution in [2.45, 2.75) is 0 Å². The summed E-state index contributed by atoms with van der Waals surface area (Å²) < 4.78 is 0. The Morgan fingerprint density at radius 2 is 1.88 bits per heavy atom. The number of hydrogen-bond acceptors (Lipinski definition) is 4. The van der Waals surface area contributed by atoms with Crippen LogP contribution in [-0.4, -0.2) is 57.3 Å². The van der Waals surface area contributed by atoms with Crippen LogP contribution in [0, 0.1) is 0 Å². The molecule has 0 atom stereocenters. The van der Waals surface area contributed by atoms with E-state index < -0.39 is 0 Å². The summed E-state index contributed by atoms with van der Waals surface area (Å²) in [7, 11) is 0. The van der Waals surface area contributed by atoms with Crippen LogP contribution in [0.15, 0.2) is 42.6 Å². The average molecular weight is 325 g/mol. The average Bonchev–Trinajstić information content (AvgIpc) is 2.97. The highest BCUT2D eigenvalue weighted by Crippen LogP contribution is 2.25. The summed E-state index contributed by atoms with van der Waals surface area (Å²) in [6.45, 7) is 0.107. The van der Waals surface area contributed by atoms with Crippen LogP contribution in [-0.2, 0) is 4.79 Å². The zero-order valence-corrected chi connectivity index (χ0v) is 13.1. The molecule has 1 amide bonds. The van der Waals surface area contributed by atoms with Crippen molar-refractivity contribution in [2.24, 2.45) is 0 Å². The Hall–Kier alpha value is -2.70. The molecule has 2 heterocycles. The molecule has 6 heteroatoms. The number of carbonyl (C=O) groups is 1. The summed E-state index contributed by atoms with van der Waals surface area (Å²) in [5.41, 5.74) is 2.67. The maximum absolute atomic E-state index is 12.1. The van der Waals surface area contributed by atoms with Crippen LogP contribution in [0.5, 0.6) is 0 Å². The molecule has 0 aliphatic rings. The molecule has 0 spiro atoms. The fourth-order valence-electron chi connectivity index (χ4n) is 2.69. The molecule has 0 radical (unpaired) electrons. The number of aliphatic hydroxyl groups excluding tert-OH is 2. The van der Waals surface area contributed by atoms with E-state index in [0.717, 1.165) is 21.8 Å². The molecule has 2 aromatic heterocycles. The smallest absolute Gasteiger partial charge is 0.246 e. The highest BCUT2D eigenvalue weighted by Gasteiger charge is 2.09. The number of aliphatic hydroxyl groups is 2. The van der Waals surface area contributed by atoms with E-state index in [0.29, 0.717) is 5.69 Å². The number of pyridine rings is 1. The molecule has 0 saturated carbocycles. The lowest BCUT2D eigenvalue weighted by Gasteiger charge is -2.18. The summed E-state index contributed by atoms with van der Waals surface area (Å²) in [6.07, 6.45) is 4.80. The summed E-state index contributed by atoms with van der Waals surface area (Å²) in [4.78, 5) is 21.1. The molecule has 6 nitrogen and oxygen atoms in total. The number of rotatable bonds is 6. The van der Waals surface area contributed by atoms with Crippen molar-refractivity contribution in [2.75, 3.05) is 26.3 Å². The van der Waals surface area contributed by atoms with Gasteiger partial charge in [-0.2, -0.15) is 0 Å². The molecule has 3 N–H and O–H groups in total. The Bertz CT molecular complexity index is 879. The summed E-state index contributed by atoms with van der Waals surface area (Å²) in [6, 6.07) is 9.94. The molecule has 24 heavy (non-hydrogen) atoms. The van der Waals surface area contributed by atoms with Gasteiger partial charge in [-0.25, -0.2) is 0 Å². The number of para-hydroxylation sites is 1. The van der Waals surface area contributed by atoms with Crippen LogP contribution in [0.3, 0.4) is 0 Å². The monoisotopic (exact) mass is 325 g/mol. The van der Waals surface area contributed by atoms with Gasteiger partial charge >= 0.3 is 0 Å². The Morgan fingerprint density at radius 3 is 2.62 bits per heavy atom. The van der Waals surface area contributed by atoms with Crippen LogP contribution in [0.25, 0.3) is 27.9 Å². The van der Waals surface area contributed by atoms with Crippen LogP contribution in [0.1, 0.15) is 5.69 Å². The van der Waals surface area contributed by atoms with Crippen molar-refractivity contribution in [3.63, 3.8) is 0 Å². The maximum Gasteiger partial charge on any atom is 0.246 e. The minimum Gasteiger partial charge on any atom is -0.395 e. The highest BCUT2D eigenvalue weighted by molar-refractivity contribution is 6.07. The lowest BCUT2D eigenvalue weighted by molar-refractivity contribution is -0.126. The number of H-pyrrole nitrogens is 1. The fraction of sp³-hybridized carbons (Fsp3) is 0.222. The first-order valence-electron chi connectivity index (χ1n) is 7.78. The molecule has 1 aromatic carbocycles. The largest absolute Gasteiger partial charge is 0.395 e. The van der Waals surface area contributed by atoms with Crippen molar-refractivity contribution in [1.82, 2.24) is 14.9 Å². The third-order valence-corrected chi connectivity index (χ3v) is 3.86. The maximum atomic E-state index is 12.1. The Labute approximate surface area is 139 Å². The molecule has 0 fully saturated rings. The Balaban J connectivity index is 1.86. The predicted molar refractivity (Wildman–Crippen MR) is 93.4 cm³/mol. The van der Waals surface area contributed by atoms with Crippen molar-refractivity contribution < 1.29 is 15.0 Å². The van der Waals surface area contributed by atoms with Gasteiger partial charge < -0.3 is 20.1 Å². The minimum atomic E-state index is -0.265. The molecule has 0 unspecified atom stereocenters. The quantitative estimate of drug-likeness (QED) is 0.600. The van der Waals surface area contributed by atoms with Gasteiger partial charge in [0, 0.05) is 35.5 Å². The normalized spacial score (nSPS) is 11.6. The Kier molecular flexibility index (Phi) is 4.88. The summed E-state index contributed by atoms with van der Waals surface area (Å²) in [5.74, 6) is -0.265. The molecule has 124 valence electrons. The third-order valence-electron chi connectivity index (χ3n) is 3.86. The minimum absolute atomic E-state index is 0.140. The van der Waals surface area contributed by atoms with E-state index >= 15 is 0 Å². The third kappa shape index (κ3) is 3.29. The predicted octanol–water partition coefficient (Wildman–Crippen LogP) is 1.54.